The van der Waals surface area contributed by atoms with Crippen LogP contribution in [0.4, 0.5) is 5.69 Å². The van der Waals surface area contributed by atoms with E-state index in [4.69, 9.17) is 9.72 Å². The summed E-state index contributed by atoms with van der Waals surface area (Å²) in [5.41, 5.74) is 6.84. The second-order valence-corrected chi connectivity index (χ2v) is 10.3. The molecule has 5 heteroatoms. The average Bonchev–Trinajstić information content (AvgIpc) is 3.48. The molecule has 5 nitrogen and oxygen atoms in total. The van der Waals surface area contributed by atoms with Crippen LogP contribution in [0, 0.1) is 13.8 Å². The molecule has 192 valence electrons. The zero-order chi connectivity index (χ0) is 25.9. The highest BCUT2D eigenvalue weighted by Gasteiger charge is 2.35. The number of imidazole rings is 1. The number of aryl methyl sites for hydroxylation is 2. The Hall–Kier alpha value is -3.60. The van der Waals surface area contributed by atoms with Gasteiger partial charge < -0.3 is 14.2 Å². The maximum absolute atomic E-state index is 13.1. The molecule has 1 fully saturated rings. The van der Waals surface area contributed by atoms with Crippen LogP contribution in [0.2, 0.25) is 0 Å². The second kappa shape index (κ2) is 10.8. The lowest BCUT2D eigenvalue weighted by atomic mass is 9.99. The average molecular weight is 496 g/mol. The molecule has 1 aliphatic heterocycles. The Morgan fingerprint density at radius 1 is 1.03 bits per heavy atom. The van der Waals surface area contributed by atoms with E-state index >= 15 is 0 Å². The Kier molecular flexibility index (Phi) is 7.31. The van der Waals surface area contributed by atoms with E-state index in [1.54, 1.807) is 0 Å². The van der Waals surface area contributed by atoms with Crippen molar-refractivity contribution >= 4 is 22.6 Å². The molecule has 5 rings (SSSR count). The summed E-state index contributed by atoms with van der Waals surface area (Å²) in [6.07, 6.45) is 2.48. The minimum absolute atomic E-state index is 0.0637. The van der Waals surface area contributed by atoms with Gasteiger partial charge in [-0.05, 0) is 79.6 Å². The number of ether oxygens (including phenoxy) is 1. The van der Waals surface area contributed by atoms with E-state index in [1.165, 1.54) is 16.7 Å². The summed E-state index contributed by atoms with van der Waals surface area (Å²) in [4.78, 5) is 20.1. The van der Waals surface area contributed by atoms with Crippen molar-refractivity contribution in [2.75, 3.05) is 18.1 Å². The van der Waals surface area contributed by atoms with Crippen molar-refractivity contribution in [3.63, 3.8) is 0 Å². The Bertz CT molecular complexity index is 1390. The highest BCUT2D eigenvalue weighted by Crippen LogP contribution is 2.35. The first-order chi connectivity index (χ1) is 18.0. The number of nitrogens with zero attached hydrogens (tertiary/aromatic N) is 3. The molecule has 37 heavy (non-hydrogen) atoms. The Labute approximate surface area is 220 Å². The highest BCUT2D eigenvalue weighted by molar-refractivity contribution is 5.97. The highest BCUT2D eigenvalue weighted by atomic mass is 16.5. The third-order valence-electron chi connectivity index (χ3n) is 7.90. The summed E-state index contributed by atoms with van der Waals surface area (Å²) in [7, 11) is 0. The lowest BCUT2D eigenvalue weighted by Crippen LogP contribution is -2.25. The number of fused-ring (bicyclic) bond motifs is 1. The van der Waals surface area contributed by atoms with Gasteiger partial charge in [0.15, 0.2) is 0 Å². The molecule has 0 aliphatic carbocycles. The van der Waals surface area contributed by atoms with Gasteiger partial charge in [0, 0.05) is 31.1 Å². The van der Waals surface area contributed by atoms with E-state index in [0.29, 0.717) is 25.5 Å². The van der Waals surface area contributed by atoms with Gasteiger partial charge in [0.25, 0.3) is 0 Å². The maximum atomic E-state index is 13.1. The number of aromatic nitrogens is 2. The Morgan fingerprint density at radius 2 is 1.81 bits per heavy atom. The quantitative estimate of drug-likeness (QED) is 0.232. The largest absolute Gasteiger partial charge is 0.494 e. The molecule has 1 amide bonds. The Balaban J connectivity index is 1.30. The van der Waals surface area contributed by atoms with Crippen LogP contribution in [-0.4, -0.2) is 28.6 Å². The lowest BCUT2D eigenvalue weighted by molar-refractivity contribution is -0.117. The van der Waals surface area contributed by atoms with Crippen LogP contribution in [0.1, 0.15) is 67.5 Å². The van der Waals surface area contributed by atoms with Crippen molar-refractivity contribution in [3.05, 3.63) is 89.2 Å². The minimum atomic E-state index is 0.0637. The number of carbonyl (C=O) groups is 1. The fraction of sp³-hybridized carbons (Fsp3) is 0.375. The molecule has 0 bridgehead atoms. The van der Waals surface area contributed by atoms with Crippen LogP contribution in [-0.2, 0) is 11.3 Å². The number of hydrogen-bond donors (Lipinski definition) is 0. The van der Waals surface area contributed by atoms with Gasteiger partial charge in [-0.3, -0.25) is 4.79 Å². The van der Waals surface area contributed by atoms with Crippen LogP contribution in [0.15, 0.2) is 66.7 Å². The Morgan fingerprint density at radius 3 is 2.59 bits per heavy atom. The lowest BCUT2D eigenvalue weighted by Gasteiger charge is -2.20. The van der Waals surface area contributed by atoms with E-state index < -0.39 is 0 Å². The van der Waals surface area contributed by atoms with E-state index in [2.05, 4.69) is 86.9 Å². The zero-order valence-electron chi connectivity index (χ0n) is 22.4. The van der Waals surface area contributed by atoms with E-state index in [9.17, 15) is 4.79 Å². The molecule has 1 aromatic heterocycles. The smallest absolute Gasteiger partial charge is 0.227 e. The number of rotatable bonds is 9. The first kappa shape index (κ1) is 25.1. The number of anilines is 1. The first-order valence-electron chi connectivity index (χ1n) is 13.5. The summed E-state index contributed by atoms with van der Waals surface area (Å²) in [5.74, 6) is 2.71. The van der Waals surface area contributed by atoms with Crippen molar-refractivity contribution in [3.8, 4) is 5.75 Å². The van der Waals surface area contributed by atoms with Gasteiger partial charge >= 0.3 is 0 Å². The molecule has 0 spiro atoms. The van der Waals surface area contributed by atoms with Gasteiger partial charge in [-0.1, -0.05) is 50.2 Å². The monoisotopic (exact) mass is 495 g/mol. The maximum Gasteiger partial charge on any atom is 0.227 e. The predicted octanol–water partition coefficient (Wildman–Crippen LogP) is 7.16. The van der Waals surface area contributed by atoms with Gasteiger partial charge in [-0.25, -0.2) is 4.98 Å². The topological polar surface area (TPSA) is 47.4 Å². The minimum Gasteiger partial charge on any atom is -0.494 e. The molecule has 3 aromatic carbocycles. The third-order valence-corrected chi connectivity index (χ3v) is 7.90. The van der Waals surface area contributed by atoms with Crippen LogP contribution >= 0.6 is 0 Å². The van der Waals surface area contributed by atoms with Crippen molar-refractivity contribution in [1.29, 1.82) is 0 Å². The number of para-hydroxylation sites is 2. The fourth-order valence-electron chi connectivity index (χ4n) is 5.32. The van der Waals surface area contributed by atoms with Crippen LogP contribution in [0.5, 0.6) is 5.75 Å². The summed E-state index contributed by atoms with van der Waals surface area (Å²) in [5, 5.41) is 0. The predicted molar refractivity (Wildman–Crippen MR) is 151 cm³/mol. The molecular weight excluding hydrogens is 458 g/mol. The molecule has 0 N–H and O–H groups in total. The van der Waals surface area contributed by atoms with E-state index in [1.807, 2.05) is 17.0 Å². The normalized spacial score (nSPS) is 16.5. The van der Waals surface area contributed by atoms with Crippen molar-refractivity contribution in [2.45, 2.75) is 65.3 Å². The van der Waals surface area contributed by atoms with E-state index in [0.717, 1.165) is 47.7 Å². The first-order valence-corrected chi connectivity index (χ1v) is 13.5. The van der Waals surface area contributed by atoms with Crippen LogP contribution in [0.3, 0.4) is 0 Å². The van der Waals surface area contributed by atoms with E-state index in [-0.39, 0.29) is 11.8 Å². The molecule has 1 saturated heterocycles. The SMILES string of the molecule is CCC(C)c1ccc(OCCCn2c(C3CC(=O)N(c4cccc(C)c4C)C3)nc3ccccc32)cc1. The number of amides is 1. The van der Waals surface area contributed by atoms with Crippen molar-refractivity contribution < 1.29 is 9.53 Å². The number of hydrogen-bond acceptors (Lipinski definition) is 3. The molecular formula is C32H37N3O2. The van der Waals surface area contributed by atoms with Crippen molar-refractivity contribution in [2.24, 2.45) is 0 Å². The summed E-state index contributed by atoms with van der Waals surface area (Å²) in [6.45, 7) is 10.7. The molecule has 0 radical (unpaired) electrons. The molecule has 1 aliphatic rings. The molecule has 4 aromatic rings. The molecule has 2 unspecified atom stereocenters. The number of benzene rings is 3. The van der Waals surface area contributed by atoms with Crippen LogP contribution < -0.4 is 9.64 Å². The third kappa shape index (κ3) is 5.13. The summed E-state index contributed by atoms with van der Waals surface area (Å²) >= 11 is 0. The molecule has 2 atom stereocenters. The molecule has 0 saturated carbocycles. The van der Waals surface area contributed by atoms with Gasteiger partial charge in [0.2, 0.25) is 5.91 Å². The standard InChI is InChI=1S/C32H37N3O2/c1-5-22(2)25-14-16-27(17-15-25)37-19-9-18-34-30-12-7-6-11-28(30)33-32(34)26-20-31(36)35(21-26)29-13-8-10-23(3)24(29)4/h6-8,10-17,22,26H,5,9,18-21H2,1-4H3. The van der Waals surface area contributed by atoms with Gasteiger partial charge in [-0.2, -0.15) is 0 Å². The number of carbonyl (C=O) groups excluding carboxylic acids is 1. The van der Waals surface area contributed by atoms with Gasteiger partial charge in [0.05, 0.1) is 17.6 Å². The summed E-state index contributed by atoms with van der Waals surface area (Å²) < 4.78 is 8.37. The van der Waals surface area contributed by atoms with Crippen molar-refractivity contribution in [1.82, 2.24) is 9.55 Å². The second-order valence-electron chi connectivity index (χ2n) is 10.3. The van der Waals surface area contributed by atoms with Gasteiger partial charge in [-0.15, -0.1) is 0 Å². The summed E-state index contributed by atoms with van der Waals surface area (Å²) in [6, 6.07) is 22.9. The van der Waals surface area contributed by atoms with Crippen LogP contribution in [0.25, 0.3) is 11.0 Å². The fourth-order valence-corrected chi connectivity index (χ4v) is 5.32. The van der Waals surface area contributed by atoms with Gasteiger partial charge in [0.1, 0.15) is 11.6 Å². The molecule has 2 heterocycles. The zero-order valence-corrected chi connectivity index (χ0v) is 22.4.